The molecule has 2 aromatic carbocycles. The highest BCUT2D eigenvalue weighted by atomic mass is 32.2. The minimum Gasteiger partial charge on any atom is -0.463 e. The number of carbonyl (C=O) groups is 1. The summed E-state index contributed by atoms with van der Waals surface area (Å²) in [6.45, 7) is 0.934. The Morgan fingerprint density at radius 2 is 2.00 bits per heavy atom. The molecule has 1 unspecified atom stereocenters. The Morgan fingerprint density at radius 3 is 2.76 bits per heavy atom. The molecule has 1 heterocycles. The molecule has 1 fully saturated rings. The molecule has 0 spiro atoms. The lowest BCUT2D eigenvalue weighted by molar-refractivity contribution is -0.146. The van der Waals surface area contributed by atoms with Gasteiger partial charge in [0.1, 0.15) is 6.61 Å². The third-order valence-electron chi connectivity index (χ3n) is 4.11. The fourth-order valence-electron chi connectivity index (χ4n) is 2.74. The SMILES string of the molecule is O=C(CCNS(=O)(=O)c1ccc2ccccc2c1)OCC1CCCO1. The summed E-state index contributed by atoms with van der Waals surface area (Å²) in [7, 11) is -3.66. The first-order chi connectivity index (χ1) is 12.0. The monoisotopic (exact) mass is 363 g/mol. The molecule has 0 amide bonds. The van der Waals surface area contributed by atoms with E-state index in [4.69, 9.17) is 9.47 Å². The van der Waals surface area contributed by atoms with Gasteiger partial charge >= 0.3 is 5.97 Å². The lowest BCUT2D eigenvalue weighted by Gasteiger charge is -2.11. The maximum Gasteiger partial charge on any atom is 0.307 e. The van der Waals surface area contributed by atoms with Crippen LogP contribution in [0.5, 0.6) is 0 Å². The standard InChI is InChI=1S/C18H21NO5S/c20-18(24-13-16-6-3-11-23-16)9-10-19-25(21,22)17-8-7-14-4-1-2-5-15(14)12-17/h1-2,4-5,7-8,12,16,19H,3,6,9-11,13H2. The van der Waals surface area contributed by atoms with Crippen molar-refractivity contribution in [1.29, 1.82) is 0 Å². The number of hydrogen-bond acceptors (Lipinski definition) is 5. The summed E-state index contributed by atoms with van der Waals surface area (Å²) in [5, 5.41) is 1.82. The van der Waals surface area contributed by atoms with Gasteiger partial charge in [-0.25, -0.2) is 13.1 Å². The van der Waals surface area contributed by atoms with Crippen LogP contribution in [0.1, 0.15) is 19.3 Å². The highest BCUT2D eigenvalue weighted by Gasteiger charge is 2.18. The molecule has 1 saturated heterocycles. The van der Waals surface area contributed by atoms with Crippen LogP contribution in [0.4, 0.5) is 0 Å². The summed E-state index contributed by atoms with van der Waals surface area (Å²) in [6, 6.07) is 12.5. The van der Waals surface area contributed by atoms with Crippen molar-refractivity contribution in [3.63, 3.8) is 0 Å². The highest BCUT2D eigenvalue weighted by molar-refractivity contribution is 7.89. The molecular formula is C18H21NO5S. The van der Waals surface area contributed by atoms with E-state index in [1.54, 1.807) is 18.2 Å². The number of benzene rings is 2. The Morgan fingerprint density at radius 1 is 1.20 bits per heavy atom. The Bertz CT molecular complexity index is 843. The maximum absolute atomic E-state index is 12.3. The van der Waals surface area contributed by atoms with Crippen LogP contribution in [-0.4, -0.2) is 40.2 Å². The van der Waals surface area contributed by atoms with Crippen molar-refractivity contribution in [1.82, 2.24) is 4.72 Å². The molecule has 0 radical (unpaired) electrons. The molecule has 7 heteroatoms. The second kappa shape index (κ2) is 7.95. The molecule has 0 aromatic heterocycles. The quantitative estimate of drug-likeness (QED) is 0.763. The van der Waals surface area contributed by atoms with Crippen molar-refractivity contribution in [3.05, 3.63) is 42.5 Å². The first-order valence-corrected chi connectivity index (χ1v) is 9.79. The van der Waals surface area contributed by atoms with Crippen LogP contribution in [-0.2, 0) is 24.3 Å². The number of carbonyl (C=O) groups excluding carboxylic acids is 1. The van der Waals surface area contributed by atoms with Crippen molar-refractivity contribution >= 4 is 26.8 Å². The van der Waals surface area contributed by atoms with Crippen LogP contribution in [0, 0.1) is 0 Å². The average Bonchev–Trinajstić information content (AvgIpc) is 3.13. The Kier molecular flexibility index (Phi) is 5.67. The van der Waals surface area contributed by atoms with Gasteiger partial charge in [0.2, 0.25) is 10.0 Å². The van der Waals surface area contributed by atoms with Gasteiger partial charge in [0, 0.05) is 13.2 Å². The third kappa shape index (κ3) is 4.78. The van der Waals surface area contributed by atoms with Crippen LogP contribution in [0.3, 0.4) is 0 Å². The summed E-state index contributed by atoms with van der Waals surface area (Å²) in [6.07, 6.45) is 1.83. The third-order valence-corrected chi connectivity index (χ3v) is 5.57. The molecule has 0 aliphatic carbocycles. The van der Waals surface area contributed by atoms with E-state index < -0.39 is 16.0 Å². The van der Waals surface area contributed by atoms with Crippen LogP contribution in [0.15, 0.2) is 47.4 Å². The summed E-state index contributed by atoms with van der Waals surface area (Å²) in [5.41, 5.74) is 0. The highest BCUT2D eigenvalue weighted by Crippen LogP contribution is 2.18. The minimum atomic E-state index is -3.66. The first kappa shape index (κ1) is 17.8. The van der Waals surface area contributed by atoms with Gasteiger partial charge in [0.25, 0.3) is 0 Å². The Balaban J connectivity index is 1.51. The zero-order chi connectivity index (χ0) is 17.7. The smallest absolute Gasteiger partial charge is 0.307 e. The fourth-order valence-corrected chi connectivity index (χ4v) is 3.81. The first-order valence-electron chi connectivity index (χ1n) is 8.30. The van der Waals surface area contributed by atoms with Crippen LogP contribution >= 0.6 is 0 Å². The largest absolute Gasteiger partial charge is 0.463 e. The topological polar surface area (TPSA) is 81.7 Å². The molecule has 1 aliphatic rings. The number of fused-ring (bicyclic) bond motifs is 1. The van der Waals surface area contributed by atoms with E-state index in [1.165, 1.54) is 0 Å². The number of esters is 1. The van der Waals surface area contributed by atoms with Crippen molar-refractivity contribution in [2.24, 2.45) is 0 Å². The van der Waals surface area contributed by atoms with Crippen molar-refractivity contribution < 1.29 is 22.7 Å². The van der Waals surface area contributed by atoms with Gasteiger partial charge in [-0.05, 0) is 35.7 Å². The van der Waals surface area contributed by atoms with E-state index >= 15 is 0 Å². The van der Waals surface area contributed by atoms with Crippen LogP contribution < -0.4 is 4.72 Å². The second-order valence-corrected chi connectivity index (χ2v) is 7.74. The van der Waals surface area contributed by atoms with Crippen molar-refractivity contribution in [2.45, 2.75) is 30.3 Å². The van der Waals surface area contributed by atoms with Crippen molar-refractivity contribution in [2.75, 3.05) is 19.8 Å². The zero-order valence-corrected chi connectivity index (χ0v) is 14.6. The molecule has 1 N–H and O–H groups in total. The normalized spacial score (nSPS) is 17.7. The van der Waals surface area contributed by atoms with Crippen LogP contribution in [0.25, 0.3) is 10.8 Å². The molecule has 1 atom stereocenters. The molecule has 6 nitrogen and oxygen atoms in total. The molecule has 134 valence electrons. The zero-order valence-electron chi connectivity index (χ0n) is 13.8. The summed E-state index contributed by atoms with van der Waals surface area (Å²) < 4.78 is 37.6. The predicted octanol–water partition coefficient (Wildman–Crippen LogP) is 2.23. The second-order valence-electron chi connectivity index (χ2n) is 5.97. The number of nitrogens with one attached hydrogen (secondary N) is 1. The molecule has 0 saturated carbocycles. The van der Waals surface area contributed by atoms with Crippen LogP contribution in [0.2, 0.25) is 0 Å². The lowest BCUT2D eigenvalue weighted by atomic mass is 10.1. The predicted molar refractivity (Wildman–Crippen MR) is 93.7 cm³/mol. The van der Waals surface area contributed by atoms with Gasteiger partial charge in [-0.3, -0.25) is 4.79 Å². The molecule has 1 aliphatic heterocycles. The van der Waals surface area contributed by atoms with E-state index in [0.29, 0.717) is 6.61 Å². The van der Waals surface area contributed by atoms with Gasteiger partial charge in [0.15, 0.2) is 0 Å². The molecule has 2 aromatic rings. The number of sulfonamides is 1. The van der Waals surface area contributed by atoms with Gasteiger partial charge in [-0.15, -0.1) is 0 Å². The van der Waals surface area contributed by atoms with Gasteiger partial charge in [0.05, 0.1) is 17.4 Å². The molecular weight excluding hydrogens is 342 g/mol. The average molecular weight is 363 g/mol. The Hall–Kier alpha value is -1.96. The van der Waals surface area contributed by atoms with E-state index in [0.717, 1.165) is 23.6 Å². The number of hydrogen-bond donors (Lipinski definition) is 1. The molecule has 0 bridgehead atoms. The minimum absolute atomic E-state index is 0.000479. The van der Waals surface area contributed by atoms with E-state index in [2.05, 4.69) is 4.72 Å². The summed E-state index contributed by atoms with van der Waals surface area (Å²) >= 11 is 0. The van der Waals surface area contributed by atoms with Gasteiger partial charge in [-0.2, -0.15) is 0 Å². The summed E-state index contributed by atoms with van der Waals surface area (Å²) in [4.78, 5) is 11.9. The number of ether oxygens (including phenoxy) is 2. The van der Waals surface area contributed by atoms with E-state index in [1.807, 2.05) is 24.3 Å². The van der Waals surface area contributed by atoms with Crippen molar-refractivity contribution in [3.8, 4) is 0 Å². The number of rotatable bonds is 7. The Labute approximate surface area is 147 Å². The van der Waals surface area contributed by atoms with E-state index in [-0.39, 0.29) is 30.6 Å². The summed E-state index contributed by atoms with van der Waals surface area (Å²) in [5.74, 6) is -0.434. The van der Waals surface area contributed by atoms with Gasteiger partial charge in [-0.1, -0.05) is 30.3 Å². The fraction of sp³-hybridized carbons (Fsp3) is 0.389. The lowest BCUT2D eigenvalue weighted by Crippen LogP contribution is -2.27. The van der Waals surface area contributed by atoms with E-state index in [9.17, 15) is 13.2 Å². The van der Waals surface area contributed by atoms with Gasteiger partial charge < -0.3 is 9.47 Å². The maximum atomic E-state index is 12.3. The molecule has 25 heavy (non-hydrogen) atoms. The molecule has 3 rings (SSSR count).